The van der Waals surface area contributed by atoms with Crippen molar-refractivity contribution in [1.82, 2.24) is 4.98 Å². The highest BCUT2D eigenvalue weighted by Crippen LogP contribution is 2.57. The normalized spacial score (nSPS) is 30.8. The first-order valence-electron chi connectivity index (χ1n) is 8.02. The Morgan fingerprint density at radius 1 is 1.42 bits per heavy atom. The third kappa shape index (κ3) is 2.28. The summed E-state index contributed by atoms with van der Waals surface area (Å²) in [4.78, 5) is 17.4. The molecule has 1 saturated heterocycles. The number of carbonyl (C=O) groups is 1. The molecule has 5 nitrogen and oxygen atoms in total. The third-order valence-corrected chi connectivity index (χ3v) is 6.53. The van der Waals surface area contributed by atoms with E-state index < -0.39 is 5.54 Å². The molecule has 0 bridgehead atoms. The molecule has 0 spiro atoms. The Balaban J connectivity index is 0.00000169. The van der Waals surface area contributed by atoms with E-state index in [1.54, 1.807) is 0 Å². The number of thiazole rings is 1. The molecule has 2 fully saturated rings. The SMILES string of the molecule is CC1(C)C2OCCCC2C1(N)C(=O)Nc1nc2ccccc2s1.Cl. The van der Waals surface area contributed by atoms with E-state index in [-0.39, 0.29) is 35.8 Å². The van der Waals surface area contributed by atoms with E-state index in [4.69, 9.17) is 10.5 Å². The zero-order valence-electron chi connectivity index (χ0n) is 13.7. The average Bonchev–Trinajstić information content (AvgIpc) is 2.96. The van der Waals surface area contributed by atoms with Gasteiger partial charge >= 0.3 is 0 Å². The number of benzene rings is 1. The van der Waals surface area contributed by atoms with E-state index in [2.05, 4.69) is 10.3 Å². The summed E-state index contributed by atoms with van der Waals surface area (Å²) in [7, 11) is 0. The van der Waals surface area contributed by atoms with Crippen molar-refractivity contribution in [3.05, 3.63) is 24.3 Å². The Hall–Kier alpha value is -1.21. The lowest BCUT2D eigenvalue weighted by molar-refractivity contribution is -0.222. The molecule has 2 aliphatic rings. The van der Waals surface area contributed by atoms with Crippen LogP contribution in [0.1, 0.15) is 26.7 Å². The van der Waals surface area contributed by atoms with Crippen LogP contribution in [0.2, 0.25) is 0 Å². The zero-order chi connectivity index (χ0) is 16.2. The summed E-state index contributed by atoms with van der Waals surface area (Å²) in [6, 6.07) is 7.85. The van der Waals surface area contributed by atoms with E-state index in [0.717, 1.165) is 29.7 Å². The van der Waals surface area contributed by atoms with Gasteiger partial charge in [0, 0.05) is 17.9 Å². The van der Waals surface area contributed by atoms with Crippen molar-refractivity contribution in [3.63, 3.8) is 0 Å². The number of para-hydroxylation sites is 1. The Labute approximate surface area is 151 Å². The van der Waals surface area contributed by atoms with Crippen LogP contribution in [-0.2, 0) is 9.53 Å². The van der Waals surface area contributed by atoms with Crippen LogP contribution >= 0.6 is 23.7 Å². The summed E-state index contributed by atoms with van der Waals surface area (Å²) in [5.74, 6) is -0.0612. The van der Waals surface area contributed by atoms with Crippen LogP contribution in [0, 0.1) is 11.3 Å². The number of fused-ring (bicyclic) bond motifs is 2. The molecule has 1 saturated carbocycles. The van der Waals surface area contributed by atoms with Crippen molar-refractivity contribution in [1.29, 1.82) is 0 Å². The minimum atomic E-state index is -0.907. The minimum absolute atomic E-state index is 0. The number of aromatic nitrogens is 1. The van der Waals surface area contributed by atoms with Gasteiger partial charge in [-0.2, -0.15) is 0 Å². The second kappa shape index (κ2) is 5.95. The van der Waals surface area contributed by atoms with Crippen LogP contribution in [0.3, 0.4) is 0 Å². The van der Waals surface area contributed by atoms with E-state index in [1.807, 2.05) is 38.1 Å². The Morgan fingerprint density at radius 3 is 2.92 bits per heavy atom. The second-order valence-corrected chi connectivity index (χ2v) is 8.10. The number of carbonyl (C=O) groups excluding carboxylic acids is 1. The predicted molar refractivity (Wildman–Crippen MR) is 98.7 cm³/mol. The molecule has 3 unspecified atom stereocenters. The van der Waals surface area contributed by atoms with Gasteiger partial charge in [0.25, 0.3) is 0 Å². The Morgan fingerprint density at radius 2 is 2.17 bits per heavy atom. The topological polar surface area (TPSA) is 77.2 Å². The van der Waals surface area contributed by atoms with Crippen molar-refractivity contribution in [3.8, 4) is 0 Å². The fourth-order valence-electron chi connectivity index (χ4n) is 4.16. The highest BCUT2D eigenvalue weighted by Gasteiger charge is 2.70. The number of halogens is 1. The lowest BCUT2D eigenvalue weighted by Crippen LogP contribution is -2.81. The van der Waals surface area contributed by atoms with Gasteiger partial charge < -0.3 is 15.8 Å². The summed E-state index contributed by atoms with van der Waals surface area (Å²) < 4.78 is 6.92. The van der Waals surface area contributed by atoms with E-state index in [0.29, 0.717) is 5.13 Å². The van der Waals surface area contributed by atoms with Crippen molar-refractivity contribution in [2.45, 2.75) is 38.3 Å². The number of nitrogens with one attached hydrogen (secondary N) is 1. The number of hydrogen-bond donors (Lipinski definition) is 2. The minimum Gasteiger partial charge on any atom is -0.377 e. The van der Waals surface area contributed by atoms with Gasteiger partial charge in [0.05, 0.1) is 16.3 Å². The zero-order valence-corrected chi connectivity index (χ0v) is 15.4. The molecule has 1 amide bonds. The number of rotatable bonds is 2. The summed E-state index contributed by atoms with van der Waals surface area (Å²) in [5, 5.41) is 3.56. The molecule has 1 aliphatic heterocycles. The third-order valence-electron chi connectivity index (χ3n) is 5.57. The van der Waals surface area contributed by atoms with Gasteiger partial charge in [-0.15, -0.1) is 12.4 Å². The molecule has 3 N–H and O–H groups in total. The monoisotopic (exact) mass is 367 g/mol. The average molecular weight is 368 g/mol. The number of nitrogens with two attached hydrogens (primary N) is 1. The summed E-state index contributed by atoms with van der Waals surface area (Å²) in [6.45, 7) is 4.81. The first-order valence-corrected chi connectivity index (χ1v) is 8.84. The van der Waals surface area contributed by atoms with Crippen molar-refractivity contribution in [2.24, 2.45) is 17.1 Å². The lowest BCUT2D eigenvalue weighted by atomic mass is 9.46. The number of nitrogens with zero attached hydrogens (tertiary/aromatic N) is 1. The van der Waals surface area contributed by atoms with Crippen molar-refractivity contribution < 1.29 is 9.53 Å². The quantitative estimate of drug-likeness (QED) is 0.854. The molecule has 0 radical (unpaired) electrons. The molecule has 7 heteroatoms. The van der Waals surface area contributed by atoms with Gasteiger partial charge in [0.15, 0.2) is 5.13 Å². The standard InChI is InChI=1S/C17H21N3O2S.ClH/c1-16(2)13-10(6-5-9-22-13)17(16,18)14(21)20-15-19-11-7-3-4-8-12(11)23-15;/h3-4,7-8,10,13H,5-6,9,18H2,1-2H3,(H,19,20,21);1H. The second-order valence-electron chi connectivity index (χ2n) is 7.07. The van der Waals surface area contributed by atoms with Crippen LogP contribution < -0.4 is 11.1 Å². The summed E-state index contributed by atoms with van der Waals surface area (Å²) >= 11 is 1.48. The van der Waals surface area contributed by atoms with Crippen LogP contribution in [0.5, 0.6) is 0 Å². The predicted octanol–water partition coefficient (Wildman–Crippen LogP) is 3.19. The largest absolute Gasteiger partial charge is 0.377 e. The molecule has 4 rings (SSSR count). The molecule has 1 aliphatic carbocycles. The van der Waals surface area contributed by atoms with Gasteiger partial charge in [0.2, 0.25) is 5.91 Å². The number of amides is 1. The molecule has 2 heterocycles. The van der Waals surface area contributed by atoms with Crippen molar-refractivity contribution >= 4 is 45.0 Å². The number of hydrogen-bond acceptors (Lipinski definition) is 5. The van der Waals surface area contributed by atoms with Gasteiger partial charge in [0.1, 0.15) is 5.54 Å². The number of ether oxygens (including phenoxy) is 1. The van der Waals surface area contributed by atoms with Gasteiger partial charge in [-0.1, -0.05) is 37.3 Å². The fraction of sp³-hybridized carbons (Fsp3) is 0.529. The smallest absolute Gasteiger partial charge is 0.247 e. The van der Waals surface area contributed by atoms with Crippen LogP contribution in [0.4, 0.5) is 5.13 Å². The molecule has 2 aromatic rings. The van der Waals surface area contributed by atoms with Crippen LogP contribution in [-0.4, -0.2) is 29.1 Å². The highest BCUT2D eigenvalue weighted by molar-refractivity contribution is 7.22. The molecule has 3 atom stereocenters. The first-order chi connectivity index (χ1) is 10.9. The maximum Gasteiger partial charge on any atom is 0.247 e. The lowest BCUT2D eigenvalue weighted by Gasteiger charge is -2.64. The molecule has 24 heavy (non-hydrogen) atoms. The van der Waals surface area contributed by atoms with Gasteiger partial charge in [-0.3, -0.25) is 4.79 Å². The fourth-order valence-corrected chi connectivity index (χ4v) is 5.02. The maximum atomic E-state index is 12.9. The van der Waals surface area contributed by atoms with E-state index >= 15 is 0 Å². The van der Waals surface area contributed by atoms with Gasteiger partial charge in [-0.25, -0.2) is 4.98 Å². The first kappa shape index (κ1) is 17.6. The van der Waals surface area contributed by atoms with E-state index in [9.17, 15) is 4.79 Å². The number of anilines is 1. The van der Waals surface area contributed by atoms with Crippen molar-refractivity contribution in [2.75, 3.05) is 11.9 Å². The van der Waals surface area contributed by atoms with Crippen LogP contribution in [0.25, 0.3) is 10.2 Å². The molecular formula is C17H22ClN3O2S. The molecule has 1 aromatic carbocycles. The molecule has 1 aromatic heterocycles. The molecular weight excluding hydrogens is 346 g/mol. The Bertz CT molecular complexity index is 745. The van der Waals surface area contributed by atoms with Crippen LogP contribution in [0.15, 0.2) is 24.3 Å². The molecule has 130 valence electrons. The van der Waals surface area contributed by atoms with E-state index in [1.165, 1.54) is 11.3 Å². The summed E-state index contributed by atoms with van der Waals surface area (Å²) in [5.41, 5.74) is 6.22. The maximum absolute atomic E-state index is 12.9. The highest BCUT2D eigenvalue weighted by atomic mass is 35.5. The summed E-state index contributed by atoms with van der Waals surface area (Å²) in [6.07, 6.45) is 1.98. The van der Waals surface area contributed by atoms with Gasteiger partial charge in [-0.05, 0) is 25.0 Å². The Kier molecular flexibility index (Phi) is 4.36.